The van der Waals surface area contributed by atoms with E-state index in [2.05, 4.69) is 37.4 Å². The summed E-state index contributed by atoms with van der Waals surface area (Å²) >= 11 is 1.21. The van der Waals surface area contributed by atoms with E-state index in [1.807, 2.05) is 6.20 Å². The Kier molecular flexibility index (Phi) is 6.65. The zero-order chi connectivity index (χ0) is 28.3. The van der Waals surface area contributed by atoms with Gasteiger partial charge in [-0.15, -0.1) is 20.6 Å². The smallest absolute Gasteiger partial charge is 0.412 e. The van der Waals surface area contributed by atoms with Crippen LogP contribution in [0, 0.1) is 23.1 Å². The minimum Gasteiger partial charge on any atom is -0.444 e. The maximum absolute atomic E-state index is 15.9. The molecule has 0 aliphatic carbocycles. The number of aromatic nitrogens is 2. The van der Waals surface area contributed by atoms with Crippen LogP contribution in [0.4, 0.5) is 20.1 Å². The Bertz CT molecular complexity index is 1740. The molecule has 1 fully saturated rings. The highest BCUT2D eigenvalue weighted by Gasteiger charge is 2.30. The molecule has 0 saturated carbocycles. The summed E-state index contributed by atoms with van der Waals surface area (Å²) in [5.41, 5.74) is 2.91. The highest BCUT2D eigenvalue weighted by Crippen LogP contribution is 2.45. The van der Waals surface area contributed by atoms with Crippen molar-refractivity contribution in [3.8, 4) is 17.2 Å². The first-order valence-corrected chi connectivity index (χ1v) is 14.5. The summed E-state index contributed by atoms with van der Waals surface area (Å²) in [7, 11) is 2.76. The molecule has 1 amide bonds. The van der Waals surface area contributed by atoms with Gasteiger partial charge >= 0.3 is 6.09 Å². The molecule has 0 bridgehead atoms. The minimum atomic E-state index is -0.710. The number of nitriles is 1. The fourth-order valence-electron chi connectivity index (χ4n) is 5.53. The number of rotatable bonds is 3. The van der Waals surface area contributed by atoms with Gasteiger partial charge in [0.1, 0.15) is 22.5 Å². The zero-order valence-corrected chi connectivity index (χ0v) is 24.7. The maximum Gasteiger partial charge on any atom is 0.412 e. The van der Waals surface area contributed by atoms with E-state index in [0.717, 1.165) is 41.3 Å². The Morgan fingerprint density at radius 1 is 1.30 bits per heavy atom. The summed E-state index contributed by atoms with van der Waals surface area (Å²) in [5, 5.41) is 15.3. The SMILES string of the molecule is C[C@H]1CCN(c2ncc3c4c(c(-c5c(F)ccc6sc(NC(=O)OC(C)(C)C)c(C#N)c56)c(P)c3n2)COC4)C1. The normalized spacial score (nSPS) is 16.9. The lowest BCUT2D eigenvalue weighted by atomic mass is 9.91. The summed E-state index contributed by atoms with van der Waals surface area (Å²) in [5.74, 6) is 0.753. The number of ether oxygens (including phenoxy) is 2. The van der Waals surface area contributed by atoms with E-state index in [0.29, 0.717) is 56.8 Å². The van der Waals surface area contributed by atoms with Crippen LogP contribution in [0.5, 0.6) is 0 Å². The lowest BCUT2D eigenvalue weighted by Gasteiger charge is -2.20. The number of hydrogen-bond acceptors (Lipinski definition) is 8. The van der Waals surface area contributed by atoms with Gasteiger partial charge in [0.05, 0.1) is 24.3 Å². The standard InChI is InChI=1S/C29H29FN5O3PS/c1-14-7-8-35(11-14)27-32-10-16-17-12-37-13-18(17)22(25(39)24(16)33-27)23-19(30)5-6-20-21(23)15(9-31)26(40-20)34-28(36)38-29(2,3)4/h5-6,10,14H,7-8,11-13,39H2,1-4H3,(H,34,36)/t14-/m0/s1. The molecule has 2 aromatic carbocycles. The first-order chi connectivity index (χ1) is 19.1. The Balaban J connectivity index is 1.57. The molecule has 4 aromatic rings. The van der Waals surface area contributed by atoms with Gasteiger partial charge in [-0.25, -0.2) is 19.2 Å². The summed E-state index contributed by atoms with van der Waals surface area (Å²) in [4.78, 5) is 24.4. The number of halogens is 1. The number of benzene rings is 2. The lowest BCUT2D eigenvalue weighted by molar-refractivity contribution is 0.0636. The van der Waals surface area contributed by atoms with Crippen LogP contribution in [0.2, 0.25) is 0 Å². The minimum absolute atomic E-state index is 0.187. The molecule has 6 rings (SSSR count). The van der Waals surface area contributed by atoms with Gasteiger partial charge in [0.2, 0.25) is 5.95 Å². The van der Waals surface area contributed by atoms with Crippen molar-refractivity contribution in [3.05, 3.63) is 40.8 Å². The van der Waals surface area contributed by atoms with E-state index in [1.165, 1.54) is 17.4 Å². The van der Waals surface area contributed by atoms with E-state index >= 15 is 4.39 Å². The van der Waals surface area contributed by atoms with Crippen molar-refractivity contribution in [2.24, 2.45) is 5.92 Å². The Morgan fingerprint density at radius 2 is 2.08 bits per heavy atom. The van der Waals surface area contributed by atoms with Crippen molar-refractivity contribution in [3.63, 3.8) is 0 Å². The largest absolute Gasteiger partial charge is 0.444 e. The Labute approximate surface area is 237 Å². The Hall–Kier alpha value is -3.38. The van der Waals surface area contributed by atoms with Gasteiger partial charge in [-0.2, -0.15) is 5.26 Å². The number of thiophene rings is 1. The molecule has 2 aromatic heterocycles. The predicted octanol–water partition coefficient (Wildman–Crippen LogP) is 6.25. The number of hydrogen-bond donors (Lipinski definition) is 1. The van der Waals surface area contributed by atoms with Crippen LogP contribution < -0.4 is 15.5 Å². The zero-order valence-electron chi connectivity index (χ0n) is 22.7. The number of carbonyl (C=O) groups is 1. The molecule has 2 aliphatic heterocycles. The molecule has 0 spiro atoms. The number of anilines is 2. The second-order valence-corrected chi connectivity index (χ2v) is 13.0. The van der Waals surface area contributed by atoms with Crippen LogP contribution in [0.25, 0.3) is 32.1 Å². The van der Waals surface area contributed by atoms with Crippen LogP contribution in [0.15, 0.2) is 18.3 Å². The highest BCUT2D eigenvalue weighted by molar-refractivity contribution is 7.29. The third kappa shape index (κ3) is 4.56. The van der Waals surface area contributed by atoms with Gasteiger partial charge < -0.3 is 14.4 Å². The first-order valence-electron chi connectivity index (χ1n) is 13.1. The summed E-state index contributed by atoms with van der Waals surface area (Å²) in [6.45, 7) is 9.95. The van der Waals surface area contributed by atoms with Crippen molar-refractivity contribution in [2.75, 3.05) is 23.3 Å². The van der Waals surface area contributed by atoms with Crippen molar-refractivity contribution in [2.45, 2.75) is 52.9 Å². The molecule has 0 radical (unpaired) electrons. The molecule has 2 aliphatic rings. The van der Waals surface area contributed by atoms with Gasteiger partial charge in [0.15, 0.2) is 0 Å². The average molecular weight is 578 g/mol. The van der Waals surface area contributed by atoms with Gasteiger partial charge in [-0.05, 0) is 56.4 Å². The fraction of sp³-hybridized carbons (Fsp3) is 0.379. The molecule has 1 N–H and O–H groups in total. The van der Waals surface area contributed by atoms with Crippen LogP contribution in [-0.2, 0) is 22.7 Å². The third-order valence-electron chi connectivity index (χ3n) is 7.27. The highest BCUT2D eigenvalue weighted by atomic mass is 32.1. The number of nitrogens with one attached hydrogen (secondary N) is 1. The van der Waals surface area contributed by atoms with Gasteiger partial charge in [0.25, 0.3) is 0 Å². The maximum atomic E-state index is 15.9. The molecule has 11 heteroatoms. The molecular weight excluding hydrogens is 548 g/mol. The van der Waals surface area contributed by atoms with Crippen molar-refractivity contribution >= 4 is 63.9 Å². The molecule has 206 valence electrons. The first kappa shape index (κ1) is 26.8. The van der Waals surface area contributed by atoms with E-state index in [-0.39, 0.29) is 5.56 Å². The topological polar surface area (TPSA) is 100 Å². The van der Waals surface area contributed by atoms with Crippen LogP contribution in [0.1, 0.15) is 50.8 Å². The lowest BCUT2D eigenvalue weighted by Crippen LogP contribution is -2.27. The van der Waals surface area contributed by atoms with Crippen LogP contribution in [-0.4, -0.2) is 34.8 Å². The molecule has 4 heterocycles. The van der Waals surface area contributed by atoms with Crippen molar-refractivity contribution in [1.29, 1.82) is 5.26 Å². The van der Waals surface area contributed by atoms with Crippen LogP contribution in [0.3, 0.4) is 0 Å². The summed E-state index contributed by atoms with van der Waals surface area (Å²) in [6, 6.07) is 5.24. The van der Waals surface area contributed by atoms with Crippen molar-refractivity contribution in [1.82, 2.24) is 9.97 Å². The van der Waals surface area contributed by atoms with Gasteiger partial charge in [-0.1, -0.05) is 6.92 Å². The second kappa shape index (κ2) is 9.91. The summed E-state index contributed by atoms with van der Waals surface area (Å²) < 4.78 is 27.9. The van der Waals surface area contributed by atoms with E-state index < -0.39 is 17.5 Å². The van der Waals surface area contributed by atoms with E-state index in [9.17, 15) is 10.1 Å². The third-order valence-corrected chi connectivity index (χ3v) is 8.91. The van der Waals surface area contributed by atoms with Gasteiger partial charge in [0, 0.05) is 51.2 Å². The molecular formula is C29H29FN5O3PS. The fourth-order valence-corrected chi connectivity index (χ4v) is 7.11. The van der Waals surface area contributed by atoms with E-state index in [1.54, 1.807) is 26.8 Å². The number of amides is 1. The molecule has 1 unspecified atom stereocenters. The van der Waals surface area contributed by atoms with E-state index in [4.69, 9.17) is 14.5 Å². The number of fused-ring (bicyclic) bond motifs is 4. The number of carbonyl (C=O) groups excluding carboxylic acids is 1. The monoisotopic (exact) mass is 577 g/mol. The van der Waals surface area contributed by atoms with Crippen LogP contribution >= 0.6 is 20.6 Å². The molecule has 2 atom stereocenters. The second-order valence-electron chi connectivity index (χ2n) is 11.4. The Morgan fingerprint density at radius 3 is 2.77 bits per heavy atom. The molecule has 8 nitrogen and oxygen atoms in total. The number of nitrogens with zero attached hydrogens (tertiary/aromatic N) is 4. The average Bonchev–Trinajstić information content (AvgIpc) is 3.62. The quantitative estimate of drug-likeness (QED) is 0.288. The molecule has 1 saturated heterocycles. The predicted molar refractivity (Wildman–Crippen MR) is 159 cm³/mol. The van der Waals surface area contributed by atoms with Crippen molar-refractivity contribution < 1.29 is 18.7 Å². The summed E-state index contributed by atoms with van der Waals surface area (Å²) in [6.07, 6.45) is 2.25. The van der Waals surface area contributed by atoms with Gasteiger partial charge in [-0.3, -0.25) is 5.32 Å². The molecule has 40 heavy (non-hydrogen) atoms.